The Bertz CT molecular complexity index is 1010. The molecule has 0 saturated heterocycles. The highest BCUT2D eigenvalue weighted by Gasteiger charge is 2.28. The highest BCUT2D eigenvalue weighted by Crippen LogP contribution is 2.23. The molecule has 1 aromatic carbocycles. The van der Waals surface area contributed by atoms with Crippen molar-refractivity contribution in [3.05, 3.63) is 40.2 Å². The van der Waals surface area contributed by atoms with E-state index in [4.69, 9.17) is 13.9 Å². The van der Waals surface area contributed by atoms with Gasteiger partial charge in [0, 0.05) is 30.9 Å². The minimum absolute atomic E-state index is 0.00130. The van der Waals surface area contributed by atoms with Crippen LogP contribution in [0.2, 0.25) is 0 Å². The molecule has 0 saturated carbocycles. The Morgan fingerprint density at radius 2 is 1.77 bits per heavy atom. The van der Waals surface area contributed by atoms with Crippen molar-refractivity contribution in [2.45, 2.75) is 45.7 Å². The zero-order chi connectivity index (χ0) is 23.1. The third-order valence-electron chi connectivity index (χ3n) is 4.66. The van der Waals surface area contributed by atoms with Crippen LogP contribution in [0.1, 0.15) is 32.8 Å². The summed E-state index contributed by atoms with van der Waals surface area (Å²) in [5.74, 6) is -0.882. The summed E-state index contributed by atoms with van der Waals surface area (Å²) in [5, 5.41) is 5.86. The number of hydrogen-bond acceptors (Lipinski definition) is 7. The fourth-order valence-electron chi connectivity index (χ4n) is 3.28. The number of esters is 1. The van der Waals surface area contributed by atoms with Gasteiger partial charge in [-0.1, -0.05) is 13.8 Å². The second kappa shape index (κ2) is 10.6. The molecule has 9 nitrogen and oxygen atoms in total. The van der Waals surface area contributed by atoms with Crippen LogP contribution in [0, 0.1) is 5.92 Å². The molecule has 9 heteroatoms. The number of fused-ring (bicyclic) bond motifs is 1. The van der Waals surface area contributed by atoms with Crippen molar-refractivity contribution < 1.29 is 28.3 Å². The van der Waals surface area contributed by atoms with E-state index in [0.717, 1.165) is 0 Å². The Balaban J connectivity index is 2.35. The first kappa shape index (κ1) is 23.9. The highest BCUT2D eigenvalue weighted by molar-refractivity contribution is 5.91. The van der Waals surface area contributed by atoms with Gasteiger partial charge in [0.1, 0.15) is 23.4 Å². The SMILES string of the molecule is COC(=O)[C@H](Cc1cc(=O)oc2cc(OC)ccc12)NC(=O)[C@H](CC(C)C)NC(C)=O. The topological polar surface area (TPSA) is 124 Å². The molecule has 0 radical (unpaired) electrons. The molecule has 0 aliphatic heterocycles. The summed E-state index contributed by atoms with van der Waals surface area (Å²) in [6.07, 6.45) is 0.401. The van der Waals surface area contributed by atoms with Crippen LogP contribution in [-0.4, -0.2) is 44.1 Å². The second-order valence-corrected chi connectivity index (χ2v) is 7.62. The number of carbonyl (C=O) groups is 3. The first-order valence-electron chi connectivity index (χ1n) is 9.90. The quantitative estimate of drug-likeness (QED) is 0.455. The van der Waals surface area contributed by atoms with Gasteiger partial charge >= 0.3 is 11.6 Å². The standard InChI is InChI=1S/C22H28N2O7/c1-12(2)8-17(23-13(3)25)21(27)24-18(22(28)30-5)9-14-10-20(26)31-19-11-15(29-4)6-7-16(14)19/h6-7,10-12,17-18H,8-9H2,1-5H3,(H,23,25)(H,24,27)/t17-,18-/m0/s1. The monoisotopic (exact) mass is 432 g/mol. The van der Waals surface area contributed by atoms with Crippen molar-refractivity contribution in [2.75, 3.05) is 14.2 Å². The molecule has 2 atom stereocenters. The van der Waals surface area contributed by atoms with Gasteiger partial charge in [-0.05, 0) is 30.0 Å². The minimum Gasteiger partial charge on any atom is -0.497 e. The average molecular weight is 432 g/mol. The summed E-state index contributed by atoms with van der Waals surface area (Å²) in [6, 6.07) is 4.39. The van der Waals surface area contributed by atoms with Crippen LogP contribution in [0.4, 0.5) is 0 Å². The second-order valence-electron chi connectivity index (χ2n) is 7.62. The number of ether oxygens (including phenoxy) is 2. The third kappa shape index (κ3) is 6.56. The van der Waals surface area contributed by atoms with Gasteiger partial charge in [-0.15, -0.1) is 0 Å². The van der Waals surface area contributed by atoms with E-state index in [9.17, 15) is 19.2 Å². The van der Waals surface area contributed by atoms with Gasteiger partial charge in [0.15, 0.2) is 0 Å². The Hall–Kier alpha value is -3.36. The van der Waals surface area contributed by atoms with E-state index in [1.54, 1.807) is 18.2 Å². The molecule has 2 amide bonds. The predicted octanol–water partition coefficient (Wildman–Crippen LogP) is 1.55. The molecular formula is C22H28N2O7. The lowest BCUT2D eigenvalue weighted by atomic mass is 10.00. The van der Waals surface area contributed by atoms with Crippen molar-refractivity contribution in [2.24, 2.45) is 5.92 Å². The summed E-state index contributed by atoms with van der Waals surface area (Å²) >= 11 is 0. The van der Waals surface area contributed by atoms with Crippen LogP contribution >= 0.6 is 0 Å². The molecule has 2 rings (SSSR count). The van der Waals surface area contributed by atoms with E-state index in [1.165, 1.54) is 27.2 Å². The van der Waals surface area contributed by atoms with Crippen LogP contribution in [0.25, 0.3) is 11.0 Å². The molecule has 0 spiro atoms. The Labute approximate surface area is 180 Å². The Kier molecular flexibility index (Phi) is 8.18. The molecule has 0 fully saturated rings. The van der Waals surface area contributed by atoms with Crippen LogP contribution in [0.3, 0.4) is 0 Å². The van der Waals surface area contributed by atoms with E-state index in [1.807, 2.05) is 13.8 Å². The molecular weight excluding hydrogens is 404 g/mol. The molecule has 0 bridgehead atoms. The maximum absolute atomic E-state index is 12.8. The molecule has 1 heterocycles. The maximum Gasteiger partial charge on any atom is 0.336 e. The molecule has 0 unspecified atom stereocenters. The van der Waals surface area contributed by atoms with Gasteiger partial charge in [0.25, 0.3) is 0 Å². The van der Waals surface area contributed by atoms with Crippen LogP contribution in [0.15, 0.2) is 33.5 Å². The number of methoxy groups -OCH3 is 2. The van der Waals surface area contributed by atoms with Crippen molar-refractivity contribution in [3.8, 4) is 5.75 Å². The van der Waals surface area contributed by atoms with Gasteiger partial charge in [-0.2, -0.15) is 0 Å². The van der Waals surface area contributed by atoms with Crippen molar-refractivity contribution in [1.29, 1.82) is 0 Å². The molecule has 0 aliphatic rings. The summed E-state index contributed by atoms with van der Waals surface area (Å²) in [5.41, 5.74) is 0.207. The summed E-state index contributed by atoms with van der Waals surface area (Å²) in [6.45, 7) is 5.16. The first-order valence-corrected chi connectivity index (χ1v) is 9.90. The normalized spacial score (nSPS) is 12.8. The van der Waals surface area contributed by atoms with Crippen molar-refractivity contribution in [1.82, 2.24) is 10.6 Å². The maximum atomic E-state index is 12.8. The van der Waals surface area contributed by atoms with Crippen molar-refractivity contribution >= 4 is 28.8 Å². The summed E-state index contributed by atoms with van der Waals surface area (Å²) in [4.78, 5) is 48.8. The smallest absolute Gasteiger partial charge is 0.336 e. The minimum atomic E-state index is -1.06. The average Bonchev–Trinajstić information content (AvgIpc) is 2.70. The number of hydrogen-bond donors (Lipinski definition) is 2. The first-order chi connectivity index (χ1) is 14.6. The van der Waals surface area contributed by atoms with Crippen LogP contribution in [-0.2, 0) is 25.5 Å². The number of benzene rings is 1. The van der Waals surface area contributed by atoms with E-state index in [-0.39, 0.29) is 18.2 Å². The molecule has 2 N–H and O–H groups in total. The van der Waals surface area contributed by atoms with E-state index < -0.39 is 29.6 Å². The molecule has 2 aromatic rings. The Morgan fingerprint density at radius 3 is 2.35 bits per heavy atom. The largest absolute Gasteiger partial charge is 0.497 e. The Morgan fingerprint density at radius 1 is 1.06 bits per heavy atom. The molecule has 31 heavy (non-hydrogen) atoms. The van der Waals surface area contributed by atoms with E-state index in [2.05, 4.69) is 10.6 Å². The molecule has 1 aromatic heterocycles. The zero-order valence-electron chi connectivity index (χ0n) is 18.3. The predicted molar refractivity (Wildman–Crippen MR) is 114 cm³/mol. The lowest BCUT2D eigenvalue weighted by Crippen LogP contribution is -2.52. The van der Waals surface area contributed by atoms with Crippen LogP contribution in [0.5, 0.6) is 5.75 Å². The van der Waals surface area contributed by atoms with Gasteiger partial charge < -0.3 is 24.5 Å². The number of amides is 2. The van der Waals surface area contributed by atoms with Crippen LogP contribution < -0.4 is 21.0 Å². The number of nitrogens with one attached hydrogen (secondary N) is 2. The fraction of sp³-hybridized carbons (Fsp3) is 0.455. The number of carbonyl (C=O) groups excluding carboxylic acids is 3. The van der Waals surface area contributed by atoms with E-state index in [0.29, 0.717) is 28.7 Å². The fourth-order valence-corrected chi connectivity index (χ4v) is 3.28. The van der Waals surface area contributed by atoms with Gasteiger partial charge in [-0.3, -0.25) is 9.59 Å². The summed E-state index contributed by atoms with van der Waals surface area (Å²) < 4.78 is 15.2. The zero-order valence-corrected chi connectivity index (χ0v) is 18.3. The lowest BCUT2D eigenvalue weighted by molar-refractivity contribution is -0.145. The van der Waals surface area contributed by atoms with Gasteiger partial charge in [0.05, 0.1) is 14.2 Å². The number of rotatable bonds is 9. The third-order valence-corrected chi connectivity index (χ3v) is 4.66. The van der Waals surface area contributed by atoms with Gasteiger partial charge in [-0.25, -0.2) is 9.59 Å². The lowest BCUT2D eigenvalue weighted by Gasteiger charge is -2.23. The highest BCUT2D eigenvalue weighted by atomic mass is 16.5. The summed E-state index contributed by atoms with van der Waals surface area (Å²) in [7, 11) is 2.71. The molecule has 168 valence electrons. The van der Waals surface area contributed by atoms with Gasteiger partial charge in [0.2, 0.25) is 11.8 Å². The van der Waals surface area contributed by atoms with Crippen molar-refractivity contribution in [3.63, 3.8) is 0 Å². The van der Waals surface area contributed by atoms with E-state index >= 15 is 0 Å². The molecule has 0 aliphatic carbocycles.